The van der Waals surface area contributed by atoms with Crippen LogP contribution in [0.3, 0.4) is 0 Å². The Balaban J connectivity index is 1.78. The van der Waals surface area contributed by atoms with Gasteiger partial charge in [0.25, 0.3) is 0 Å². The summed E-state index contributed by atoms with van der Waals surface area (Å²) < 4.78 is 11.5. The lowest BCUT2D eigenvalue weighted by molar-refractivity contribution is -0.0406. The maximum absolute atomic E-state index is 6.24. The lowest BCUT2D eigenvalue weighted by Crippen LogP contribution is -2.35. The molecule has 3 rings (SSSR count). The fraction of sp³-hybridized carbons (Fsp3) is 0.294. The smallest absolute Gasteiger partial charge is 0.119 e. The van der Waals surface area contributed by atoms with Gasteiger partial charge in [-0.15, -0.1) is 0 Å². The first-order valence-corrected chi connectivity index (χ1v) is 6.92. The number of hydrogen-bond acceptors (Lipinski definition) is 3. The van der Waals surface area contributed by atoms with Crippen molar-refractivity contribution in [1.29, 1.82) is 0 Å². The Morgan fingerprint density at radius 2 is 1.65 bits per heavy atom. The predicted molar refractivity (Wildman–Crippen MR) is 78.9 cm³/mol. The topological polar surface area (TPSA) is 30.5 Å². The summed E-state index contributed by atoms with van der Waals surface area (Å²) in [5.41, 5.74) is 2.37. The van der Waals surface area contributed by atoms with Crippen LogP contribution in [0.1, 0.15) is 23.3 Å². The summed E-state index contributed by atoms with van der Waals surface area (Å²) in [6, 6.07) is 18.4. The molecule has 3 nitrogen and oxygen atoms in total. The van der Waals surface area contributed by atoms with E-state index in [1.54, 1.807) is 7.11 Å². The van der Waals surface area contributed by atoms with Crippen LogP contribution >= 0.6 is 0 Å². The maximum atomic E-state index is 6.24. The summed E-state index contributed by atoms with van der Waals surface area (Å²) in [6.07, 6.45) is 0.158. The number of nitrogens with one attached hydrogen (secondary N) is 1. The molecule has 0 bridgehead atoms. The highest BCUT2D eigenvalue weighted by atomic mass is 16.5. The molecule has 2 aromatic rings. The van der Waals surface area contributed by atoms with Gasteiger partial charge in [-0.2, -0.15) is 0 Å². The van der Waals surface area contributed by atoms with E-state index in [2.05, 4.69) is 23.5 Å². The van der Waals surface area contributed by atoms with Gasteiger partial charge in [-0.25, -0.2) is 0 Å². The van der Waals surface area contributed by atoms with E-state index in [1.807, 2.05) is 36.4 Å². The summed E-state index contributed by atoms with van der Waals surface area (Å²) in [5, 5.41) is 3.45. The van der Waals surface area contributed by atoms with E-state index in [-0.39, 0.29) is 12.2 Å². The summed E-state index contributed by atoms with van der Waals surface area (Å²) in [5.74, 6) is 0.868. The van der Waals surface area contributed by atoms with Crippen molar-refractivity contribution in [2.45, 2.75) is 12.2 Å². The van der Waals surface area contributed by atoms with Crippen molar-refractivity contribution in [2.75, 3.05) is 20.2 Å². The first-order chi connectivity index (χ1) is 9.86. The molecule has 1 aliphatic rings. The maximum Gasteiger partial charge on any atom is 0.119 e. The highest BCUT2D eigenvalue weighted by molar-refractivity contribution is 5.30. The Morgan fingerprint density at radius 3 is 2.40 bits per heavy atom. The van der Waals surface area contributed by atoms with Crippen LogP contribution in [0.4, 0.5) is 0 Å². The summed E-state index contributed by atoms with van der Waals surface area (Å²) >= 11 is 0. The van der Waals surface area contributed by atoms with Gasteiger partial charge >= 0.3 is 0 Å². The Bertz CT molecular complexity index is 556. The third kappa shape index (κ3) is 2.84. The van der Waals surface area contributed by atoms with Gasteiger partial charge in [0.2, 0.25) is 0 Å². The number of methoxy groups -OCH3 is 1. The normalized spacial score (nSPS) is 22.4. The van der Waals surface area contributed by atoms with E-state index in [0.29, 0.717) is 0 Å². The largest absolute Gasteiger partial charge is 0.497 e. The van der Waals surface area contributed by atoms with Gasteiger partial charge in [0.05, 0.1) is 19.3 Å². The average molecular weight is 269 g/mol. The quantitative estimate of drug-likeness (QED) is 0.928. The summed E-state index contributed by atoms with van der Waals surface area (Å²) in [7, 11) is 1.69. The molecule has 1 heterocycles. The van der Waals surface area contributed by atoms with Gasteiger partial charge in [-0.05, 0) is 23.3 Å². The first kappa shape index (κ1) is 13.2. The fourth-order valence-electron chi connectivity index (χ4n) is 2.54. The van der Waals surface area contributed by atoms with Crippen LogP contribution in [0, 0.1) is 0 Å². The number of ether oxygens (including phenoxy) is 2. The first-order valence-electron chi connectivity index (χ1n) is 6.92. The third-order valence-corrected chi connectivity index (χ3v) is 3.62. The molecule has 1 N–H and O–H groups in total. The molecule has 1 fully saturated rings. The van der Waals surface area contributed by atoms with Crippen LogP contribution in [0.2, 0.25) is 0 Å². The molecule has 0 saturated carbocycles. The molecular formula is C17H19NO2. The van der Waals surface area contributed by atoms with Crippen LogP contribution in [-0.2, 0) is 4.74 Å². The fourth-order valence-corrected chi connectivity index (χ4v) is 2.54. The van der Waals surface area contributed by atoms with Gasteiger partial charge in [0.15, 0.2) is 0 Å². The molecule has 2 aromatic carbocycles. The molecule has 2 unspecified atom stereocenters. The zero-order valence-electron chi connectivity index (χ0n) is 11.6. The van der Waals surface area contributed by atoms with E-state index >= 15 is 0 Å². The molecule has 0 amide bonds. The zero-order valence-corrected chi connectivity index (χ0v) is 11.6. The summed E-state index contributed by atoms with van der Waals surface area (Å²) in [6.45, 7) is 1.68. The lowest BCUT2D eigenvalue weighted by Gasteiger charge is -2.31. The minimum atomic E-state index is 0.0593. The van der Waals surface area contributed by atoms with Crippen molar-refractivity contribution in [3.63, 3.8) is 0 Å². The molecule has 1 saturated heterocycles. The van der Waals surface area contributed by atoms with Gasteiger partial charge in [0.1, 0.15) is 5.75 Å². The zero-order chi connectivity index (χ0) is 13.8. The molecule has 1 aliphatic heterocycles. The molecule has 104 valence electrons. The van der Waals surface area contributed by atoms with Crippen molar-refractivity contribution in [3.8, 4) is 5.75 Å². The van der Waals surface area contributed by atoms with Gasteiger partial charge < -0.3 is 14.8 Å². The average Bonchev–Trinajstić information content (AvgIpc) is 2.56. The van der Waals surface area contributed by atoms with Gasteiger partial charge in [0, 0.05) is 13.1 Å². The van der Waals surface area contributed by atoms with E-state index in [9.17, 15) is 0 Å². The summed E-state index contributed by atoms with van der Waals surface area (Å²) in [4.78, 5) is 0. The van der Waals surface area contributed by atoms with Crippen molar-refractivity contribution < 1.29 is 9.47 Å². The van der Waals surface area contributed by atoms with Crippen molar-refractivity contribution in [3.05, 3.63) is 65.7 Å². The predicted octanol–water partition coefficient (Wildman–Crippen LogP) is 3.10. The monoisotopic (exact) mass is 269 g/mol. The minimum absolute atomic E-state index is 0.0593. The van der Waals surface area contributed by atoms with E-state index in [4.69, 9.17) is 9.47 Å². The molecule has 0 spiro atoms. The molecule has 0 aliphatic carbocycles. The van der Waals surface area contributed by atoms with Gasteiger partial charge in [-0.3, -0.25) is 0 Å². The van der Waals surface area contributed by atoms with Crippen LogP contribution in [0.25, 0.3) is 0 Å². The Kier molecular flexibility index (Phi) is 4.00. The third-order valence-electron chi connectivity index (χ3n) is 3.62. The molecular weight excluding hydrogens is 250 g/mol. The SMILES string of the molecule is COc1cccc(C2CNCC(c3ccccc3)O2)c1. The number of rotatable bonds is 3. The Morgan fingerprint density at radius 1 is 0.950 bits per heavy atom. The van der Waals surface area contributed by atoms with Crippen LogP contribution < -0.4 is 10.1 Å². The highest BCUT2D eigenvalue weighted by Gasteiger charge is 2.24. The van der Waals surface area contributed by atoms with E-state index in [1.165, 1.54) is 5.56 Å². The van der Waals surface area contributed by atoms with Crippen molar-refractivity contribution >= 4 is 0 Å². The molecule has 3 heteroatoms. The van der Waals surface area contributed by atoms with Crippen molar-refractivity contribution in [2.24, 2.45) is 0 Å². The van der Waals surface area contributed by atoms with Crippen LogP contribution in [0.15, 0.2) is 54.6 Å². The number of morpholine rings is 1. The van der Waals surface area contributed by atoms with Crippen LogP contribution in [0.5, 0.6) is 5.75 Å². The highest BCUT2D eigenvalue weighted by Crippen LogP contribution is 2.30. The molecule has 2 atom stereocenters. The number of hydrogen-bond donors (Lipinski definition) is 1. The van der Waals surface area contributed by atoms with Crippen molar-refractivity contribution in [1.82, 2.24) is 5.32 Å². The molecule has 20 heavy (non-hydrogen) atoms. The minimum Gasteiger partial charge on any atom is -0.497 e. The lowest BCUT2D eigenvalue weighted by atomic mass is 10.0. The molecule has 0 radical (unpaired) electrons. The van der Waals surface area contributed by atoms with Gasteiger partial charge in [-0.1, -0.05) is 42.5 Å². The molecule has 0 aromatic heterocycles. The van der Waals surface area contributed by atoms with Crippen LogP contribution in [-0.4, -0.2) is 20.2 Å². The van der Waals surface area contributed by atoms with E-state index in [0.717, 1.165) is 24.4 Å². The second-order valence-corrected chi connectivity index (χ2v) is 4.96. The second kappa shape index (κ2) is 6.07. The second-order valence-electron chi connectivity index (χ2n) is 4.96. The Labute approximate surface area is 119 Å². The van der Waals surface area contributed by atoms with E-state index < -0.39 is 0 Å². The Hall–Kier alpha value is -1.84. The number of benzene rings is 2. The standard InChI is InChI=1S/C17H19NO2/c1-19-15-9-5-8-14(10-15)17-12-18-11-16(20-17)13-6-3-2-4-7-13/h2-10,16-18H,11-12H2,1H3.